The van der Waals surface area contributed by atoms with E-state index in [4.69, 9.17) is 0 Å². The number of nitrogens with zero attached hydrogens (tertiary/aromatic N) is 2. The Balaban J connectivity index is 1.28. The molecule has 2 aliphatic carbocycles. The molecule has 2 aromatic rings. The van der Waals surface area contributed by atoms with Crippen molar-refractivity contribution >= 4 is 40.8 Å². The van der Waals surface area contributed by atoms with E-state index in [-0.39, 0.29) is 44.4 Å². The van der Waals surface area contributed by atoms with Crippen molar-refractivity contribution in [2.75, 3.05) is 18.9 Å². The van der Waals surface area contributed by atoms with E-state index in [2.05, 4.69) is 15.6 Å². The number of rotatable bonds is 12. The van der Waals surface area contributed by atoms with Crippen molar-refractivity contribution in [2.24, 2.45) is 11.8 Å². The largest absolute Gasteiger partial charge is 0.396 e. The molecule has 4 N–H and O–H groups in total. The molecule has 2 saturated carbocycles. The first-order valence-corrected chi connectivity index (χ1v) is 18.2. The lowest BCUT2D eigenvalue weighted by molar-refractivity contribution is -0.143. The van der Waals surface area contributed by atoms with Gasteiger partial charge < -0.3 is 25.7 Å². The minimum absolute atomic E-state index is 0.0484. The van der Waals surface area contributed by atoms with Gasteiger partial charge in [0.15, 0.2) is 5.67 Å². The van der Waals surface area contributed by atoms with Gasteiger partial charge in [-0.3, -0.25) is 14.4 Å². The zero-order chi connectivity index (χ0) is 33.2. The van der Waals surface area contributed by atoms with Gasteiger partial charge in [0.05, 0.1) is 28.2 Å². The number of thioether (sulfide) groups is 1. The van der Waals surface area contributed by atoms with Crippen LogP contribution in [-0.4, -0.2) is 85.3 Å². The minimum Gasteiger partial charge on any atom is -0.396 e. The number of aliphatic hydroxyl groups is 2. The number of carbonyl (C=O) groups excluding carboxylic acids is 3. The number of hydrogen-bond donors (Lipinski definition) is 4. The number of benzene rings is 1. The Labute approximate surface area is 279 Å². The Morgan fingerprint density at radius 2 is 1.78 bits per heavy atom. The van der Waals surface area contributed by atoms with Crippen LogP contribution in [0.4, 0.5) is 4.39 Å². The monoisotopic (exact) mass is 674 g/mol. The van der Waals surface area contributed by atoms with Crippen LogP contribution in [0.5, 0.6) is 0 Å². The molecule has 4 atom stereocenters. The van der Waals surface area contributed by atoms with Gasteiger partial charge >= 0.3 is 0 Å². The van der Waals surface area contributed by atoms with E-state index in [0.29, 0.717) is 11.8 Å². The van der Waals surface area contributed by atoms with Crippen LogP contribution in [-0.2, 0) is 14.4 Å². The van der Waals surface area contributed by atoms with E-state index in [0.717, 1.165) is 53.1 Å². The molecule has 12 heteroatoms. The summed E-state index contributed by atoms with van der Waals surface area (Å²) in [5, 5.41) is 25.9. The van der Waals surface area contributed by atoms with Crippen LogP contribution in [0, 0.1) is 18.8 Å². The average Bonchev–Trinajstić information content (AvgIpc) is 3.45. The van der Waals surface area contributed by atoms with Gasteiger partial charge in [0.1, 0.15) is 12.1 Å². The number of nitrogens with one attached hydrogen (secondary N) is 2. The van der Waals surface area contributed by atoms with Gasteiger partial charge in [0, 0.05) is 24.3 Å². The number of aromatic nitrogens is 1. The van der Waals surface area contributed by atoms with Gasteiger partial charge in [-0.15, -0.1) is 11.3 Å². The third-order valence-corrected chi connectivity index (χ3v) is 12.5. The fraction of sp³-hybridized carbons (Fsp3) is 0.647. The summed E-state index contributed by atoms with van der Waals surface area (Å²) in [6.07, 6.45) is 3.31. The highest BCUT2D eigenvalue weighted by molar-refractivity contribution is 8.00. The molecule has 2 heterocycles. The molecular weight excluding hydrogens is 628 g/mol. The Morgan fingerprint density at radius 3 is 2.37 bits per heavy atom. The summed E-state index contributed by atoms with van der Waals surface area (Å²) in [5.74, 6) is -0.163. The van der Waals surface area contributed by atoms with Crippen molar-refractivity contribution in [3.8, 4) is 10.4 Å². The van der Waals surface area contributed by atoms with Crippen molar-refractivity contribution in [2.45, 2.75) is 107 Å². The van der Waals surface area contributed by atoms with Crippen molar-refractivity contribution in [1.82, 2.24) is 20.5 Å². The molecule has 1 saturated heterocycles. The fourth-order valence-corrected chi connectivity index (χ4v) is 8.63. The van der Waals surface area contributed by atoms with Gasteiger partial charge in [0.2, 0.25) is 11.8 Å². The number of β-amino-alcohol motifs (C(OH)–C–C–N with tert-alkyl or cyclic N) is 1. The Kier molecular flexibility index (Phi) is 10.8. The molecule has 3 amide bonds. The zero-order valence-electron chi connectivity index (χ0n) is 27.1. The maximum atomic E-state index is 14.9. The highest BCUT2D eigenvalue weighted by Gasteiger charge is 2.54. The number of likely N-dealkylation sites (tertiary alicyclic amines) is 1. The molecule has 3 aliphatic rings. The molecule has 9 nitrogen and oxygen atoms in total. The highest BCUT2D eigenvalue weighted by Crippen LogP contribution is 2.42. The number of aryl methyl sites for hydroxylation is 1. The van der Waals surface area contributed by atoms with Crippen molar-refractivity contribution < 1.29 is 29.0 Å². The van der Waals surface area contributed by atoms with Crippen LogP contribution in [0.15, 0.2) is 29.8 Å². The van der Waals surface area contributed by atoms with Crippen LogP contribution < -0.4 is 10.6 Å². The first-order valence-electron chi connectivity index (χ1n) is 16.4. The van der Waals surface area contributed by atoms with E-state index < -0.39 is 40.4 Å². The second-order valence-corrected chi connectivity index (χ2v) is 16.4. The number of alkyl halides is 1. The smallest absolute Gasteiger partial charge is 0.258 e. The maximum Gasteiger partial charge on any atom is 0.258 e. The first-order chi connectivity index (χ1) is 21.8. The molecule has 0 radical (unpaired) electrons. The second-order valence-electron chi connectivity index (χ2n) is 13.9. The van der Waals surface area contributed by atoms with Gasteiger partial charge in [-0.05, 0) is 94.9 Å². The lowest BCUT2D eigenvalue weighted by Crippen LogP contribution is -2.61. The average molecular weight is 675 g/mol. The van der Waals surface area contributed by atoms with Crippen LogP contribution >= 0.6 is 23.1 Å². The minimum atomic E-state index is -1.97. The maximum absolute atomic E-state index is 14.9. The van der Waals surface area contributed by atoms with Crippen LogP contribution in [0.25, 0.3) is 10.4 Å². The second kappa shape index (κ2) is 14.3. The highest BCUT2D eigenvalue weighted by atomic mass is 32.2. The SMILES string of the molecule is Cc1ncsc1-c1ccc([C@@H](C)NC(=O)[C@H]2C[C@H](O)CN2C(=O)[C@@H](NC(=O)C2(F)CC2)C(C)(C)SCC2CCC(CO)CC2)cc1. The number of halogens is 1. The zero-order valence-corrected chi connectivity index (χ0v) is 28.8. The predicted octanol–water partition coefficient (Wildman–Crippen LogP) is 4.55. The summed E-state index contributed by atoms with van der Waals surface area (Å²) in [6.45, 7) is 7.74. The quantitative estimate of drug-likeness (QED) is 0.260. The number of aliphatic hydroxyl groups excluding tert-OH is 2. The summed E-state index contributed by atoms with van der Waals surface area (Å²) in [6, 6.07) is 5.53. The van der Waals surface area contributed by atoms with E-state index >= 15 is 0 Å². The Bertz CT molecular complexity index is 1390. The summed E-state index contributed by atoms with van der Waals surface area (Å²) in [4.78, 5) is 47.6. The van der Waals surface area contributed by atoms with Gasteiger partial charge in [0.25, 0.3) is 5.91 Å². The molecular formula is C34H47FN4O5S2. The summed E-state index contributed by atoms with van der Waals surface area (Å²) in [5.41, 5.74) is 2.75. The first kappa shape index (κ1) is 34.8. The summed E-state index contributed by atoms with van der Waals surface area (Å²) < 4.78 is 14.0. The van der Waals surface area contributed by atoms with E-state index in [9.17, 15) is 29.0 Å². The molecule has 1 aromatic heterocycles. The number of hydrogen-bond acceptors (Lipinski definition) is 8. The van der Waals surface area contributed by atoms with Crippen LogP contribution in [0.1, 0.15) is 83.0 Å². The number of thiazole rings is 1. The standard InChI is InChI=1S/C34H47FN4O5S2/c1-20(24-9-11-25(12-10-24)28-21(2)36-19-45-28)37-30(42)27-15-26(41)16-39(27)31(43)29(38-32(44)34(35)13-14-34)33(3,4)46-18-23-7-5-22(17-40)6-8-23/h9-12,19-20,22-23,26-27,29,40-41H,5-8,13-18H2,1-4H3,(H,37,42)(H,38,44)/t20-,22?,23?,26+,27-,29-/m1/s1. The number of amides is 3. The molecule has 1 aromatic carbocycles. The van der Waals surface area contributed by atoms with Gasteiger partial charge in [-0.25, -0.2) is 9.37 Å². The molecule has 5 rings (SSSR count). The summed E-state index contributed by atoms with van der Waals surface area (Å²) in [7, 11) is 0. The lowest BCUT2D eigenvalue weighted by atomic mass is 9.83. The Hall–Kier alpha value is -2.54. The molecule has 1 aliphatic heterocycles. The predicted molar refractivity (Wildman–Crippen MR) is 179 cm³/mol. The van der Waals surface area contributed by atoms with Crippen LogP contribution in [0.3, 0.4) is 0 Å². The van der Waals surface area contributed by atoms with E-state index in [1.165, 1.54) is 4.90 Å². The molecule has 46 heavy (non-hydrogen) atoms. The lowest BCUT2D eigenvalue weighted by Gasteiger charge is -2.38. The van der Waals surface area contributed by atoms with Crippen molar-refractivity contribution in [1.29, 1.82) is 0 Å². The van der Waals surface area contributed by atoms with Crippen molar-refractivity contribution in [3.05, 3.63) is 41.0 Å². The van der Waals surface area contributed by atoms with Crippen molar-refractivity contribution in [3.63, 3.8) is 0 Å². The molecule has 3 fully saturated rings. The Morgan fingerprint density at radius 1 is 1.13 bits per heavy atom. The normalized spacial score (nSPS) is 25.5. The van der Waals surface area contributed by atoms with Crippen LogP contribution in [0.2, 0.25) is 0 Å². The van der Waals surface area contributed by atoms with E-state index in [1.807, 2.05) is 57.5 Å². The summed E-state index contributed by atoms with van der Waals surface area (Å²) >= 11 is 3.14. The topological polar surface area (TPSA) is 132 Å². The third kappa shape index (κ3) is 7.94. The molecule has 0 bridgehead atoms. The molecule has 0 spiro atoms. The number of carbonyl (C=O) groups is 3. The third-order valence-electron chi connectivity index (χ3n) is 9.87. The van der Waals surface area contributed by atoms with Gasteiger partial charge in [-0.1, -0.05) is 24.3 Å². The molecule has 252 valence electrons. The van der Waals surface area contributed by atoms with E-state index in [1.54, 1.807) is 23.1 Å². The van der Waals surface area contributed by atoms with Gasteiger partial charge in [-0.2, -0.15) is 11.8 Å². The molecule has 0 unspecified atom stereocenters. The fourth-order valence-electron chi connectivity index (χ4n) is 6.49.